The Kier molecular flexibility index (Phi) is 6.31. The number of benzene rings is 1. The molecule has 0 saturated carbocycles. The van der Waals surface area contributed by atoms with Crippen molar-refractivity contribution in [1.82, 2.24) is 9.97 Å². The average molecular weight is 397 g/mol. The molecule has 1 unspecified atom stereocenters. The van der Waals surface area contributed by atoms with Crippen LogP contribution in [0.15, 0.2) is 36.7 Å². The van der Waals surface area contributed by atoms with E-state index in [0.29, 0.717) is 0 Å². The van der Waals surface area contributed by atoms with Crippen molar-refractivity contribution in [2.24, 2.45) is 0 Å². The van der Waals surface area contributed by atoms with Gasteiger partial charge in [0.25, 0.3) is 0 Å². The summed E-state index contributed by atoms with van der Waals surface area (Å²) in [5.74, 6) is 1.75. The number of piperidine rings is 1. The van der Waals surface area contributed by atoms with Gasteiger partial charge in [-0.2, -0.15) is 0 Å². The predicted molar refractivity (Wildman–Crippen MR) is 116 cm³/mol. The van der Waals surface area contributed by atoms with Gasteiger partial charge in [-0.1, -0.05) is 24.3 Å². The summed E-state index contributed by atoms with van der Waals surface area (Å²) in [5.41, 5.74) is 2.79. The van der Waals surface area contributed by atoms with Crippen molar-refractivity contribution in [3.8, 4) is 0 Å². The first-order valence-corrected chi connectivity index (χ1v) is 10.8. The molecule has 2 aliphatic rings. The van der Waals surface area contributed by atoms with E-state index in [1.54, 1.807) is 6.33 Å². The fraction of sp³-hybridized carbons (Fsp3) is 0.565. The molecule has 156 valence electrons. The Morgan fingerprint density at radius 3 is 2.83 bits per heavy atom. The molecule has 2 N–H and O–H groups in total. The van der Waals surface area contributed by atoms with Crippen molar-refractivity contribution in [2.75, 3.05) is 43.1 Å². The summed E-state index contributed by atoms with van der Waals surface area (Å²) in [6.07, 6.45) is 6.95. The van der Waals surface area contributed by atoms with Crippen molar-refractivity contribution in [3.05, 3.63) is 47.8 Å². The third-order valence-corrected chi connectivity index (χ3v) is 6.56. The second-order valence-corrected chi connectivity index (χ2v) is 8.35. The minimum Gasteiger partial charge on any atom is -0.394 e. The third kappa shape index (κ3) is 4.38. The van der Waals surface area contributed by atoms with E-state index in [1.165, 1.54) is 17.5 Å². The van der Waals surface area contributed by atoms with E-state index in [0.717, 1.165) is 63.6 Å². The lowest BCUT2D eigenvalue weighted by Gasteiger charge is -2.39. The zero-order valence-electron chi connectivity index (χ0n) is 17.3. The number of aromatic nitrogens is 2. The first-order valence-electron chi connectivity index (χ1n) is 10.8. The van der Waals surface area contributed by atoms with Gasteiger partial charge in [-0.25, -0.2) is 9.97 Å². The van der Waals surface area contributed by atoms with Gasteiger partial charge < -0.3 is 20.1 Å². The highest BCUT2D eigenvalue weighted by Crippen LogP contribution is 2.37. The number of ether oxygens (including phenoxy) is 1. The highest BCUT2D eigenvalue weighted by molar-refractivity contribution is 5.50. The van der Waals surface area contributed by atoms with Crippen LogP contribution in [0, 0.1) is 6.92 Å². The molecule has 6 nitrogen and oxygen atoms in total. The maximum absolute atomic E-state index is 9.74. The SMILES string of the molecule is Cc1ccccc1C1(CNc2cc(N3CCCCC3CO)ncn2)CCOCC1. The lowest BCUT2D eigenvalue weighted by atomic mass is 9.72. The van der Waals surface area contributed by atoms with Gasteiger partial charge in [0.2, 0.25) is 0 Å². The first-order chi connectivity index (χ1) is 14.2. The summed E-state index contributed by atoms with van der Waals surface area (Å²) in [5, 5.41) is 13.3. The van der Waals surface area contributed by atoms with Crippen LogP contribution in [-0.2, 0) is 10.2 Å². The molecule has 0 spiro atoms. The summed E-state index contributed by atoms with van der Waals surface area (Å²) in [6, 6.07) is 10.9. The quantitative estimate of drug-likeness (QED) is 0.781. The Bertz CT molecular complexity index is 807. The number of aliphatic hydroxyl groups is 1. The molecular formula is C23H32N4O2. The predicted octanol–water partition coefficient (Wildman–Crippen LogP) is 3.30. The Labute approximate surface area is 173 Å². The monoisotopic (exact) mass is 396 g/mol. The molecule has 1 aromatic heterocycles. The molecule has 2 aliphatic heterocycles. The molecular weight excluding hydrogens is 364 g/mol. The van der Waals surface area contributed by atoms with E-state index in [9.17, 15) is 5.11 Å². The van der Waals surface area contributed by atoms with E-state index in [4.69, 9.17) is 4.74 Å². The first kappa shape index (κ1) is 20.1. The Morgan fingerprint density at radius 2 is 2.03 bits per heavy atom. The molecule has 2 fully saturated rings. The molecule has 0 radical (unpaired) electrons. The van der Waals surface area contributed by atoms with Crippen LogP contribution in [0.3, 0.4) is 0 Å². The van der Waals surface area contributed by atoms with Gasteiger partial charge in [-0.15, -0.1) is 0 Å². The van der Waals surface area contributed by atoms with Crippen LogP contribution in [0.2, 0.25) is 0 Å². The third-order valence-electron chi connectivity index (χ3n) is 6.56. The van der Waals surface area contributed by atoms with E-state index in [2.05, 4.69) is 51.4 Å². The van der Waals surface area contributed by atoms with Crippen molar-refractivity contribution in [3.63, 3.8) is 0 Å². The molecule has 0 amide bonds. The Balaban J connectivity index is 1.53. The van der Waals surface area contributed by atoms with Gasteiger partial charge in [-0.05, 0) is 50.2 Å². The molecule has 29 heavy (non-hydrogen) atoms. The van der Waals surface area contributed by atoms with Gasteiger partial charge >= 0.3 is 0 Å². The number of nitrogens with one attached hydrogen (secondary N) is 1. The Hall–Kier alpha value is -2.18. The largest absolute Gasteiger partial charge is 0.394 e. The van der Waals surface area contributed by atoms with Gasteiger partial charge in [0, 0.05) is 37.8 Å². The van der Waals surface area contributed by atoms with E-state index < -0.39 is 0 Å². The molecule has 2 saturated heterocycles. The molecule has 1 atom stereocenters. The van der Waals surface area contributed by atoms with Crippen LogP contribution >= 0.6 is 0 Å². The van der Waals surface area contributed by atoms with E-state index in [-0.39, 0.29) is 18.1 Å². The number of nitrogens with zero attached hydrogens (tertiary/aromatic N) is 3. The minimum atomic E-state index is 0.0491. The van der Waals surface area contributed by atoms with Gasteiger partial charge in [0.05, 0.1) is 12.6 Å². The smallest absolute Gasteiger partial charge is 0.134 e. The highest BCUT2D eigenvalue weighted by Gasteiger charge is 2.35. The summed E-state index contributed by atoms with van der Waals surface area (Å²) in [4.78, 5) is 11.2. The summed E-state index contributed by atoms with van der Waals surface area (Å²) in [6.45, 7) is 5.70. The van der Waals surface area contributed by atoms with Crippen LogP contribution in [-0.4, -0.2) is 54.0 Å². The molecule has 0 bridgehead atoms. The lowest BCUT2D eigenvalue weighted by molar-refractivity contribution is 0.0541. The second-order valence-electron chi connectivity index (χ2n) is 8.35. The van der Waals surface area contributed by atoms with E-state index in [1.807, 2.05) is 6.07 Å². The molecule has 1 aromatic carbocycles. The Morgan fingerprint density at radius 1 is 1.21 bits per heavy atom. The summed E-state index contributed by atoms with van der Waals surface area (Å²) < 4.78 is 5.68. The minimum absolute atomic E-state index is 0.0491. The molecule has 6 heteroatoms. The fourth-order valence-electron chi connectivity index (χ4n) is 4.82. The van der Waals surface area contributed by atoms with Crippen LogP contribution in [0.5, 0.6) is 0 Å². The number of rotatable bonds is 6. The van der Waals surface area contributed by atoms with Crippen molar-refractivity contribution < 1.29 is 9.84 Å². The van der Waals surface area contributed by atoms with Gasteiger partial charge in [-0.3, -0.25) is 0 Å². The number of anilines is 2. The lowest BCUT2D eigenvalue weighted by Crippen LogP contribution is -2.42. The zero-order chi connectivity index (χ0) is 20.1. The summed E-state index contributed by atoms with van der Waals surface area (Å²) >= 11 is 0. The zero-order valence-corrected chi connectivity index (χ0v) is 17.3. The molecule has 3 heterocycles. The van der Waals surface area contributed by atoms with Crippen LogP contribution in [0.4, 0.5) is 11.6 Å². The number of aryl methyl sites for hydroxylation is 1. The molecule has 4 rings (SSSR count). The number of hydrogen-bond donors (Lipinski definition) is 2. The van der Waals surface area contributed by atoms with Crippen LogP contribution < -0.4 is 10.2 Å². The van der Waals surface area contributed by atoms with Crippen molar-refractivity contribution >= 4 is 11.6 Å². The topological polar surface area (TPSA) is 70.5 Å². The maximum Gasteiger partial charge on any atom is 0.134 e. The van der Waals surface area contributed by atoms with Gasteiger partial charge in [0.15, 0.2) is 0 Å². The highest BCUT2D eigenvalue weighted by atomic mass is 16.5. The average Bonchev–Trinajstić information content (AvgIpc) is 2.79. The van der Waals surface area contributed by atoms with Crippen molar-refractivity contribution in [2.45, 2.75) is 50.5 Å². The fourth-order valence-corrected chi connectivity index (χ4v) is 4.82. The number of hydrogen-bond acceptors (Lipinski definition) is 6. The van der Waals surface area contributed by atoms with Crippen LogP contribution in [0.25, 0.3) is 0 Å². The molecule has 0 aliphatic carbocycles. The van der Waals surface area contributed by atoms with Crippen LogP contribution in [0.1, 0.15) is 43.2 Å². The van der Waals surface area contributed by atoms with E-state index >= 15 is 0 Å². The number of aliphatic hydroxyl groups excluding tert-OH is 1. The molecule has 2 aromatic rings. The standard InChI is InChI=1S/C23H32N4O2/c1-18-6-2-3-8-20(18)23(9-12-29-13-10-23)16-24-21-14-22(26-17-25-21)27-11-5-4-7-19(27)15-28/h2-3,6,8,14,17,19,28H,4-5,7,9-13,15-16H2,1H3,(H,24,25,26). The normalized spacial score (nSPS) is 21.7. The van der Waals surface area contributed by atoms with Gasteiger partial charge in [0.1, 0.15) is 18.0 Å². The van der Waals surface area contributed by atoms with Crippen molar-refractivity contribution in [1.29, 1.82) is 0 Å². The maximum atomic E-state index is 9.74. The summed E-state index contributed by atoms with van der Waals surface area (Å²) in [7, 11) is 0. The second kappa shape index (κ2) is 9.09.